The van der Waals surface area contributed by atoms with E-state index in [2.05, 4.69) is 6.92 Å². The van der Waals surface area contributed by atoms with Gasteiger partial charge < -0.3 is 5.11 Å². The fraction of sp³-hybridized carbons (Fsp3) is 0.727. The van der Waals surface area contributed by atoms with E-state index in [1.54, 1.807) is 0 Å². The van der Waals surface area contributed by atoms with Gasteiger partial charge in [0, 0.05) is 0 Å². The minimum atomic E-state index is -4.67. The van der Waals surface area contributed by atoms with E-state index in [9.17, 15) is 22.7 Å². The Hall–Kier alpha value is -1.10. The molecule has 0 atom stereocenters. The van der Waals surface area contributed by atoms with Gasteiger partial charge in [0.05, 0.1) is 11.2 Å². The summed E-state index contributed by atoms with van der Waals surface area (Å²) >= 11 is 0. The van der Waals surface area contributed by atoms with Gasteiger partial charge in [-0.1, -0.05) is 38.7 Å². The van der Waals surface area contributed by atoms with Crippen molar-refractivity contribution >= 4 is 0 Å². The quantitative estimate of drug-likeness (QED) is 0.562. The van der Waals surface area contributed by atoms with Crippen molar-refractivity contribution in [3.63, 3.8) is 0 Å². The Kier molecular flexibility index (Phi) is 6.19. The lowest BCUT2D eigenvalue weighted by molar-refractivity contribution is -0.142. The second-order valence-corrected chi connectivity index (χ2v) is 8.63. The first-order valence-corrected chi connectivity index (χ1v) is 10.3. The Morgan fingerprint density at radius 3 is 2.15 bits per heavy atom. The van der Waals surface area contributed by atoms with E-state index >= 15 is 0 Å². The molecule has 1 nitrogen and oxygen atoms in total. The summed E-state index contributed by atoms with van der Waals surface area (Å²) in [5, 5.41) is 11.0. The van der Waals surface area contributed by atoms with Gasteiger partial charge in [-0.2, -0.15) is 13.2 Å². The Balaban J connectivity index is 1.67. The lowest BCUT2D eigenvalue weighted by atomic mass is 9.66. The lowest BCUT2D eigenvalue weighted by Crippen LogP contribution is -2.36. The third-order valence-electron chi connectivity index (χ3n) is 6.90. The molecule has 0 heterocycles. The monoisotopic (exact) mass is 386 g/mol. The Morgan fingerprint density at radius 1 is 1.00 bits per heavy atom. The molecule has 2 saturated carbocycles. The van der Waals surface area contributed by atoms with Crippen LogP contribution in [0.4, 0.5) is 17.6 Å². The molecule has 0 aromatic heterocycles. The highest BCUT2D eigenvalue weighted by molar-refractivity contribution is 5.35. The molecule has 2 fully saturated rings. The topological polar surface area (TPSA) is 20.2 Å². The van der Waals surface area contributed by atoms with Crippen LogP contribution < -0.4 is 0 Å². The van der Waals surface area contributed by atoms with Gasteiger partial charge in [0.15, 0.2) is 0 Å². The third-order valence-corrected chi connectivity index (χ3v) is 6.90. The first kappa shape index (κ1) is 20.6. The van der Waals surface area contributed by atoms with E-state index in [1.807, 2.05) is 0 Å². The maximum Gasteiger partial charge on any atom is 0.416 e. The highest BCUT2D eigenvalue weighted by Gasteiger charge is 2.44. The molecular weight excluding hydrogens is 356 g/mol. The average Bonchev–Trinajstić information content (AvgIpc) is 2.62. The molecule has 2 aliphatic rings. The van der Waals surface area contributed by atoms with Crippen molar-refractivity contribution in [3.8, 4) is 0 Å². The minimum absolute atomic E-state index is 0.165. The van der Waals surface area contributed by atoms with Crippen LogP contribution in [-0.4, -0.2) is 5.11 Å². The molecule has 0 saturated heterocycles. The Labute approximate surface area is 159 Å². The minimum Gasteiger partial charge on any atom is -0.385 e. The highest BCUT2D eigenvalue weighted by Crippen LogP contribution is 2.48. The normalized spacial score (nSPS) is 32.4. The largest absolute Gasteiger partial charge is 0.416 e. The van der Waals surface area contributed by atoms with E-state index in [0.29, 0.717) is 30.7 Å². The summed E-state index contributed by atoms with van der Waals surface area (Å²) in [5.74, 6) is 1.04. The van der Waals surface area contributed by atoms with E-state index in [1.165, 1.54) is 38.5 Å². The number of rotatable bonds is 4. The van der Waals surface area contributed by atoms with Gasteiger partial charge in [-0.05, 0) is 74.0 Å². The van der Waals surface area contributed by atoms with Crippen LogP contribution in [0.1, 0.15) is 82.3 Å². The van der Waals surface area contributed by atoms with Crippen molar-refractivity contribution in [1.82, 2.24) is 0 Å². The number of hydrogen-bond donors (Lipinski definition) is 1. The predicted octanol–water partition coefficient (Wildman–Crippen LogP) is 6.83. The summed E-state index contributed by atoms with van der Waals surface area (Å²) in [4.78, 5) is 0. The molecular formula is C22H30F4O. The highest BCUT2D eigenvalue weighted by atomic mass is 19.4. The average molecular weight is 386 g/mol. The summed E-state index contributed by atoms with van der Waals surface area (Å²) in [5.41, 5.74) is -2.71. The summed E-state index contributed by atoms with van der Waals surface area (Å²) in [6.07, 6.45) is 4.92. The summed E-state index contributed by atoms with van der Waals surface area (Å²) in [6, 6.07) is 2.65. The molecule has 2 aliphatic carbocycles. The molecule has 1 aromatic carbocycles. The first-order chi connectivity index (χ1) is 12.7. The first-order valence-electron chi connectivity index (χ1n) is 10.3. The van der Waals surface area contributed by atoms with Crippen molar-refractivity contribution in [3.05, 3.63) is 35.1 Å². The van der Waals surface area contributed by atoms with Gasteiger partial charge in [0.1, 0.15) is 5.82 Å². The van der Waals surface area contributed by atoms with Crippen molar-refractivity contribution in [1.29, 1.82) is 0 Å². The third kappa shape index (κ3) is 4.67. The molecule has 0 radical (unpaired) electrons. The zero-order chi connectivity index (χ0) is 19.7. The summed E-state index contributed by atoms with van der Waals surface area (Å²) < 4.78 is 53.4. The summed E-state index contributed by atoms with van der Waals surface area (Å²) in [7, 11) is 0. The molecule has 0 amide bonds. The zero-order valence-electron chi connectivity index (χ0n) is 16.0. The van der Waals surface area contributed by atoms with Crippen LogP contribution in [0.5, 0.6) is 0 Å². The second-order valence-electron chi connectivity index (χ2n) is 8.63. The van der Waals surface area contributed by atoms with Crippen LogP contribution >= 0.6 is 0 Å². The van der Waals surface area contributed by atoms with Gasteiger partial charge in [0.2, 0.25) is 0 Å². The zero-order valence-corrected chi connectivity index (χ0v) is 16.0. The number of hydrogen-bond acceptors (Lipinski definition) is 1. The van der Waals surface area contributed by atoms with E-state index in [0.717, 1.165) is 30.9 Å². The van der Waals surface area contributed by atoms with Crippen molar-refractivity contribution in [2.75, 3.05) is 0 Å². The van der Waals surface area contributed by atoms with Gasteiger partial charge in [-0.3, -0.25) is 0 Å². The number of halogens is 4. The molecule has 0 unspecified atom stereocenters. The number of aliphatic hydroxyl groups is 1. The fourth-order valence-corrected chi connectivity index (χ4v) is 5.37. The van der Waals surface area contributed by atoms with Crippen LogP contribution in [-0.2, 0) is 11.8 Å². The van der Waals surface area contributed by atoms with Crippen LogP contribution in [0.2, 0.25) is 0 Å². The van der Waals surface area contributed by atoms with E-state index < -0.39 is 23.2 Å². The van der Waals surface area contributed by atoms with Crippen molar-refractivity contribution in [2.24, 2.45) is 17.8 Å². The predicted molar refractivity (Wildman–Crippen MR) is 97.6 cm³/mol. The smallest absolute Gasteiger partial charge is 0.385 e. The molecule has 0 aliphatic heterocycles. The van der Waals surface area contributed by atoms with Crippen LogP contribution in [0.25, 0.3) is 0 Å². The Morgan fingerprint density at radius 2 is 1.59 bits per heavy atom. The van der Waals surface area contributed by atoms with E-state index in [-0.39, 0.29) is 5.56 Å². The lowest BCUT2D eigenvalue weighted by Gasteiger charge is -2.42. The van der Waals surface area contributed by atoms with Crippen LogP contribution in [0, 0.1) is 23.6 Å². The van der Waals surface area contributed by atoms with Crippen LogP contribution in [0.3, 0.4) is 0 Å². The maximum atomic E-state index is 13.4. The van der Waals surface area contributed by atoms with Crippen molar-refractivity contribution < 1.29 is 22.7 Å². The molecule has 1 N–H and O–H groups in total. The van der Waals surface area contributed by atoms with Gasteiger partial charge in [-0.25, -0.2) is 4.39 Å². The van der Waals surface area contributed by atoms with Crippen molar-refractivity contribution in [2.45, 2.75) is 82.9 Å². The van der Waals surface area contributed by atoms with Crippen LogP contribution in [0.15, 0.2) is 18.2 Å². The van der Waals surface area contributed by atoms with Gasteiger partial charge >= 0.3 is 6.18 Å². The Bertz CT molecular complexity index is 624. The molecule has 0 spiro atoms. The van der Waals surface area contributed by atoms with E-state index in [4.69, 9.17) is 0 Å². The second kappa shape index (κ2) is 8.10. The molecule has 5 heteroatoms. The summed E-state index contributed by atoms with van der Waals surface area (Å²) in [6.45, 7) is 2.22. The number of alkyl halides is 3. The fourth-order valence-electron chi connectivity index (χ4n) is 5.37. The molecule has 1 aromatic rings. The number of benzene rings is 1. The SMILES string of the molecule is CCCC1CCC(C2CCC(O)(c3ccc(F)cc3C(F)(F)F)CC2)CC1. The van der Waals surface area contributed by atoms with Gasteiger partial charge in [0.25, 0.3) is 0 Å². The molecule has 0 bridgehead atoms. The molecule has 152 valence electrons. The maximum absolute atomic E-state index is 13.4. The standard InChI is InChI=1S/C22H30F4O/c1-2-3-15-4-6-16(7-5-15)17-10-12-21(27,13-11-17)19-9-8-18(23)14-20(19)22(24,25)26/h8-9,14-17,27H,2-7,10-13H2,1H3. The van der Waals surface area contributed by atoms with Gasteiger partial charge in [-0.15, -0.1) is 0 Å². The molecule has 3 rings (SSSR count). The molecule has 27 heavy (non-hydrogen) atoms.